The number of methoxy groups -OCH3 is 2. The summed E-state index contributed by atoms with van der Waals surface area (Å²) in [7, 11) is 3.10. The van der Waals surface area contributed by atoms with Gasteiger partial charge in [0.1, 0.15) is 10.8 Å². The lowest BCUT2D eigenvalue weighted by molar-refractivity contribution is -0.132. The van der Waals surface area contributed by atoms with E-state index in [-0.39, 0.29) is 17.5 Å². The second-order valence-electron chi connectivity index (χ2n) is 7.68. The number of carbonyl (C=O) groups is 1. The van der Waals surface area contributed by atoms with Gasteiger partial charge in [-0.2, -0.15) is 0 Å². The molecule has 0 unspecified atom stereocenters. The summed E-state index contributed by atoms with van der Waals surface area (Å²) in [5, 5.41) is 2.85. The molecule has 2 aromatic carbocycles. The smallest absolute Gasteiger partial charge is 0.228 e. The minimum absolute atomic E-state index is 0.0896. The number of benzene rings is 2. The first-order chi connectivity index (χ1) is 15.6. The highest BCUT2D eigenvalue weighted by Gasteiger charge is 2.22. The van der Waals surface area contributed by atoms with Crippen molar-refractivity contribution in [1.29, 1.82) is 0 Å². The van der Waals surface area contributed by atoms with Gasteiger partial charge in [-0.05, 0) is 42.0 Å². The van der Waals surface area contributed by atoms with Crippen LogP contribution in [0.4, 0.5) is 4.39 Å². The summed E-state index contributed by atoms with van der Waals surface area (Å²) in [5.74, 6) is 0.793. The first kappa shape index (κ1) is 22.2. The van der Waals surface area contributed by atoms with E-state index in [1.807, 2.05) is 40.6 Å². The average Bonchev–Trinajstić information content (AvgIpc) is 3.28. The van der Waals surface area contributed by atoms with Crippen LogP contribution in [0.15, 0.2) is 47.8 Å². The summed E-state index contributed by atoms with van der Waals surface area (Å²) in [6, 6.07) is 12.8. The third-order valence-corrected chi connectivity index (χ3v) is 6.51. The lowest BCUT2D eigenvalue weighted by Gasteiger charge is -2.34. The highest BCUT2D eigenvalue weighted by atomic mass is 32.1. The van der Waals surface area contributed by atoms with E-state index in [0.717, 1.165) is 40.7 Å². The Balaban J connectivity index is 1.28. The van der Waals surface area contributed by atoms with E-state index in [9.17, 15) is 9.18 Å². The molecule has 0 radical (unpaired) electrons. The van der Waals surface area contributed by atoms with Crippen molar-refractivity contribution in [2.75, 3.05) is 40.4 Å². The molecule has 32 heavy (non-hydrogen) atoms. The first-order valence-electron chi connectivity index (χ1n) is 10.5. The number of ether oxygens (including phenoxy) is 2. The van der Waals surface area contributed by atoms with Crippen LogP contribution in [0.5, 0.6) is 11.5 Å². The second kappa shape index (κ2) is 10.1. The fourth-order valence-electron chi connectivity index (χ4n) is 3.74. The maximum Gasteiger partial charge on any atom is 0.228 e. The van der Waals surface area contributed by atoms with E-state index in [1.165, 1.54) is 24.5 Å². The number of aromatic nitrogens is 1. The van der Waals surface area contributed by atoms with Crippen LogP contribution in [0.3, 0.4) is 0 Å². The standard InChI is InChI=1S/C24H26FN3O3S/c1-30-20-6-4-18(5-7-20)24-26-19(16-32-24)14-23(29)28-11-9-27(10-12-28)15-17-3-8-22(31-2)21(25)13-17/h3-8,13,16H,9-12,14-15H2,1-2H3. The van der Waals surface area contributed by atoms with E-state index < -0.39 is 0 Å². The molecule has 3 aromatic rings. The first-order valence-corrected chi connectivity index (χ1v) is 11.3. The largest absolute Gasteiger partial charge is 0.497 e. The number of nitrogens with zero attached hydrogens (tertiary/aromatic N) is 3. The summed E-state index contributed by atoms with van der Waals surface area (Å²) in [5.41, 5.74) is 2.71. The maximum atomic E-state index is 13.9. The Hall–Kier alpha value is -2.97. The maximum absolute atomic E-state index is 13.9. The van der Waals surface area contributed by atoms with E-state index in [1.54, 1.807) is 13.2 Å². The molecule has 0 atom stereocenters. The Labute approximate surface area is 191 Å². The average molecular weight is 456 g/mol. The van der Waals surface area contributed by atoms with E-state index in [2.05, 4.69) is 9.88 Å². The van der Waals surface area contributed by atoms with Crippen molar-refractivity contribution >= 4 is 17.2 Å². The summed E-state index contributed by atoms with van der Waals surface area (Å²) < 4.78 is 24.1. The van der Waals surface area contributed by atoms with E-state index in [4.69, 9.17) is 9.47 Å². The number of halogens is 1. The van der Waals surface area contributed by atoms with Crippen LogP contribution in [0.2, 0.25) is 0 Å². The Kier molecular flexibility index (Phi) is 7.02. The molecule has 1 saturated heterocycles. The molecule has 0 N–H and O–H groups in total. The molecule has 8 heteroatoms. The quantitative estimate of drug-likeness (QED) is 0.542. The van der Waals surface area contributed by atoms with Gasteiger partial charge in [0.25, 0.3) is 0 Å². The zero-order valence-corrected chi connectivity index (χ0v) is 19.0. The summed E-state index contributed by atoms with van der Waals surface area (Å²) in [6.07, 6.45) is 0.302. The number of amides is 1. The molecule has 0 bridgehead atoms. The molecular weight excluding hydrogens is 429 g/mol. The minimum Gasteiger partial charge on any atom is -0.497 e. The Bertz CT molecular complexity index is 1060. The van der Waals surface area contributed by atoms with Crippen LogP contribution >= 0.6 is 11.3 Å². The van der Waals surface area contributed by atoms with Crippen molar-refractivity contribution in [3.8, 4) is 22.1 Å². The predicted octanol–water partition coefficient (Wildman–Crippen LogP) is 3.85. The SMILES string of the molecule is COc1ccc(-c2nc(CC(=O)N3CCN(Cc4ccc(OC)c(F)c4)CC3)cs2)cc1. The molecule has 1 aliphatic heterocycles. The van der Waals surface area contributed by atoms with Crippen molar-refractivity contribution in [3.05, 3.63) is 64.9 Å². The van der Waals surface area contributed by atoms with Crippen LogP contribution in [-0.2, 0) is 17.8 Å². The number of hydrogen-bond acceptors (Lipinski definition) is 6. The van der Waals surface area contributed by atoms with Gasteiger partial charge in [-0.25, -0.2) is 9.37 Å². The van der Waals surface area contributed by atoms with Gasteiger partial charge >= 0.3 is 0 Å². The molecule has 0 saturated carbocycles. The van der Waals surface area contributed by atoms with Crippen molar-refractivity contribution in [2.45, 2.75) is 13.0 Å². The van der Waals surface area contributed by atoms with Gasteiger partial charge in [-0.1, -0.05) is 6.07 Å². The zero-order chi connectivity index (χ0) is 22.5. The fourth-order valence-corrected chi connectivity index (χ4v) is 4.57. The Morgan fingerprint density at radius 1 is 1.06 bits per heavy atom. The van der Waals surface area contributed by atoms with Gasteiger partial charge in [-0.15, -0.1) is 11.3 Å². The van der Waals surface area contributed by atoms with Crippen LogP contribution in [0.1, 0.15) is 11.3 Å². The number of carbonyl (C=O) groups excluding carboxylic acids is 1. The zero-order valence-electron chi connectivity index (χ0n) is 18.2. The van der Waals surface area contributed by atoms with Gasteiger partial charge in [0.05, 0.1) is 26.3 Å². The van der Waals surface area contributed by atoms with E-state index >= 15 is 0 Å². The topological polar surface area (TPSA) is 54.9 Å². The molecule has 4 rings (SSSR count). The summed E-state index contributed by atoms with van der Waals surface area (Å²) in [4.78, 5) is 21.5. The molecule has 168 valence electrons. The highest BCUT2D eigenvalue weighted by Crippen LogP contribution is 2.26. The van der Waals surface area contributed by atoms with Crippen molar-refractivity contribution < 1.29 is 18.7 Å². The van der Waals surface area contributed by atoms with Gasteiger partial charge in [0, 0.05) is 43.7 Å². The monoisotopic (exact) mass is 455 g/mol. The number of rotatable bonds is 7. The van der Waals surface area contributed by atoms with Gasteiger partial charge in [0.2, 0.25) is 5.91 Å². The number of piperazine rings is 1. The van der Waals surface area contributed by atoms with E-state index in [0.29, 0.717) is 26.1 Å². The molecule has 0 spiro atoms. The molecule has 1 fully saturated rings. The number of thiazole rings is 1. The number of hydrogen-bond donors (Lipinski definition) is 0. The van der Waals surface area contributed by atoms with Crippen LogP contribution in [0, 0.1) is 5.82 Å². The lowest BCUT2D eigenvalue weighted by atomic mass is 10.1. The summed E-state index contributed by atoms with van der Waals surface area (Å²) in [6.45, 7) is 3.49. The molecular formula is C24H26FN3O3S. The molecule has 1 amide bonds. The van der Waals surface area contributed by atoms with Crippen LogP contribution in [0.25, 0.3) is 10.6 Å². The molecule has 2 heterocycles. The third kappa shape index (κ3) is 5.26. The summed E-state index contributed by atoms with van der Waals surface area (Å²) >= 11 is 1.54. The molecule has 0 aliphatic carbocycles. The Morgan fingerprint density at radius 2 is 1.81 bits per heavy atom. The van der Waals surface area contributed by atoms with Gasteiger partial charge < -0.3 is 14.4 Å². The predicted molar refractivity (Wildman–Crippen MR) is 123 cm³/mol. The third-order valence-electron chi connectivity index (χ3n) is 5.57. The Morgan fingerprint density at radius 3 is 2.47 bits per heavy atom. The van der Waals surface area contributed by atoms with Gasteiger partial charge in [0.15, 0.2) is 11.6 Å². The minimum atomic E-state index is -0.351. The molecule has 1 aromatic heterocycles. The molecule has 6 nitrogen and oxygen atoms in total. The van der Waals surface area contributed by atoms with Crippen LogP contribution in [-0.4, -0.2) is 61.1 Å². The van der Waals surface area contributed by atoms with Crippen molar-refractivity contribution in [1.82, 2.24) is 14.8 Å². The second-order valence-corrected chi connectivity index (χ2v) is 8.53. The highest BCUT2D eigenvalue weighted by molar-refractivity contribution is 7.13. The normalized spacial score (nSPS) is 14.4. The fraction of sp³-hybridized carbons (Fsp3) is 0.333. The van der Waals surface area contributed by atoms with Crippen LogP contribution < -0.4 is 9.47 Å². The van der Waals surface area contributed by atoms with Crippen molar-refractivity contribution in [3.63, 3.8) is 0 Å². The van der Waals surface area contributed by atoms with Gasteiger partial charge in [-0.3, -0.25) is 9.69 Å². The lowest BCUT2D eigenvalue weighted by Crippen LogP contribution is -2.48. The van der Waals surface area contributed by atoms with Crippen molar-refractivity contribution in [2.24, 2.45) is 0 Å². The molecule has 1 aliphatic rings.